The third-order valence-corrected chi connectivity index (χ3v) is 5.09. The van der Waals surface area contributed by atoms with Crippen LogP contribution >= 0.6 is 0 Å². The summed E-state index contributed by atoms with van der Waals surface area (Å²) in [6.07, 6.45) is 0. The maximum Gasteiger partial charge on any atom is 0.124 e. The molecule has 0 aliphatic heterocycles. The lowest BCUT2D eigenvalue weighted by Gasteiger charge is -2.22. The fourth-order valence-corrected chi connectivity index (χ4v) is 4.60. The van der Waals surface area contributed by atoms with Gasteiger partial charge < -0.3 is 4.55 Å². The number of hydrogen-bond acceptors (Lipinski definition) is 3. The standard InChI is InChI=1S/C9H14O3SSi/c1-14(2,3)9-7-5-4-6-8(9)13(10,11)12/h4-7H,1-3H3,(H,10,11,12)/p-1. The molecule has 1 rings (SSSR count). The minimum Gasteiger partial charge on any atom is -0.744 e. The summed E-state index contributed by atoms with van der Waals surface area (Å²) < 4.78 is 32.9. The van der Waals surface area contributed by atoms with Crippen molar-refractivity contribution in [2.75, 3.05) is 0 Å². The van der Waals surface area contributed by atoms with E-state index in [2.05, 4.69) is 0 Å². The van der Waals surface area contributed by atoms with Gasteiger partial charge in [0.15, 0.2) is 0 Å². The third kappa shape index (κ3) is 2.43. The lowest BCUT2D eigenvalue weighted by atomic mass is 10.4. The van der Waals surface area contributed by atoms with Crippen molar-refractivity contribution in [3.05, 3.63) is 24.3 Å². The largest absolute Gasteiger partial charge is 0.744 e. The van der Waals surface area contributed by atoms with E-state index in [1.807, 2.05) is 19.6 Å². The molecule has 0 fully saturated rings. The van der Waals surface area contributed by atoms with Crippen LogP contribution in [0.1, 0.15) is 0 Å². The molecule has 5 heteroatoms. The van der Waals surface area contributed by atoms with Crippen LogP contribution in [0.25, 0.3) is 0 Å². The fourth-order valence-electron chi connectivity index (χ4n) is 1.30. The van der Waals surface area contributed by atoms with Crippen molar-refractivity contribution in [2.45, 2.75) is 24.5 Å². The monoisotopic (exact) mass is 229 g/mol. The van der Waals surface area contributed by atoms with Gasteiger partial charge in [0.2, 0.25) is 0 Å². The molecule has 78 valence electrons. The Morgan fingerprint density at radius 2 is 1.64 bits per heavy atom. The summed E-state index contributed by atoms with van der Waals surface area (Å²) in [5.41, 5.74) is 0. The van der Waals surface area contributed by atoms with Gasteiger partial charge in [0.25, 0.3) is 0 Å². The van der Waals surface area contributed by atoms with Crippen molar-refractivity contribution in [1.82, 2.24) is 0 Å². The molecule has 0 radical (unpaired) electrons. The highest BCUT2D eigenvalue weighted by Gasteiger charge is 2.21. The topological polar surface area (TPSA) is 57.2 Å². The van der Waals surface area contributed by atoms with Crippen molar-refractivity contribution in [1.29, 1.82) is 0 Å². The minimum absolute atomic E-state index is 0.0563. The summed E-state index contributed by atoms with van der Waals surface area (Å²) in [6.45, 7) is 6.03. The van der Waals surface area contributed by atoms with Gasteiger partial charge >= 0.3 is 0 Å². The van der Waals surface area contributed by atoms with Gasteiger partial charge in [0.1, 0.15) is 10.1 Å². The van der Waals surface area contributed by atoms with Crippen molar-refractivity contribution in [2.24, 2.45) is 0 Å². The van der Waals surface area contributed by atoms with E-state index in [1.54, 1.807) is 18.2 Å². The van der Waals surface area contributed by atoms with E-state index >= 15 is 0 Å². The average molecular weight is 229 g/mol. The molecule has 3 nitrogen and oxygen atoms in total. The third-order valence-electron chi connectivity index (χ3n) is 1.96. The highest BCUT2D eigenvalue weighted by atomic mass is 32.2. The number of rotatable bonds is 2. The van der Waals surface area contributed by atoms with Crippen LogP contribution in [0, 0.1) is 0 Å². The number of hydrogen-bond donors (Lipinski definition) is 0. The molecule has 0 atom stereocenters. The lowest BCUT2D eigenvalue weighted by Crippen LogP contribution is -2.40. The Labute approximate surface area is 85.5 Å². The molecule has 1 aromatic carbocycles. The Bertz CT molecular complexity index is 432. The second kappa shape index (κ2) is 3.49. The second-order valence-corrected chi connectivity index (χ2v) is 10.6. The van der Waals surface area contributed by atoms with Gasteiger partial charge in [-0.05, 0) is 11.3 Å². The van der Waals surface area contributed by atoms with Crippen molar-refractivity contribution < 1.29 is 13.0 Å². The zero-order valence-electron chi connectivity index (χ0n) is 8.44. The van der Waals surface area contributed by atoms with E-state index in [4.69, 9.17) is 0 Å². The van der Waals surface area contributed by atoms with E-state index in [1.165, 1.54) is 6.07 Å². The van der Waals surface area contributed by atoms with Crippen LogP contribution in [-0.4, -0.2) is 21.0 Å². The first-order valence-electron chi connectivity index (χ1n) is 4.28. The quantitative estimate of drug-likeness (QED) is 0.564. The number of benzene rings is 1. The first-order valence-corrected chi connectivity index (χ1v) is 9.19. The van der Waals surface area contributed by atoms with E-state index in [0.717, 1.165) is 0 Å². The Morgan fingerprint density at radius 1 is 1.14 bits per heavy atom. The summed E-state index contributed by atoms with van der Waals surface area (Å²) >= 11 is 0. The Kier molecular flexibility index (Phi) is 2.85. The van der Waals surface area contributed by atoms with Crippen molar-refractivity contribution in [3.8, 4) is 0 Å². The SMILES string of the molecule is C[Si](C)(C)c1ccccc1S(=O)(=O)[O-]. The maximum absolute atomic E-state index is 11.0. The van der Waals surface area contributed by atoms with Crippen LogP contribution in [-0.2, 0) is 10.1 Å². The zero-order valence-corrected chi connectivity index (χ0v) is 10.3. The van der Waals surface area contributed by atoms with Gasteiger partial charge in [0.05, 0.1) is 13.0 Å². The van der Waals surface area contributed by atoms with Crippen LogP contribution in [0.2, 0.25) is 19.6 Å². The minimum atomic E-state index is -4.33. The van der Waals surface area contributed by atoms with Crippen molar-refractivity contribution in [3.63, 3.8) is 0 Å². The van der Waals surface area contributed by atoms with Crippen LogP contribution < -0.4 is 5.19 Å². The zero-order chi connectivity index (χ0) is 11.0. The maximum atomic E-state index is 11.0. The van der Waals surface area contributed by atoms with Crippen LogP contribution in [0.4, 0.5) is 0 Å². The molecule has 0 aliphatic carbocycles. The molecule has 0 saturated heterocycles. The summed E-state index contributed by atoms with van der Waals surface area (Å²) in [6, 6.07) is 6.46. The van der Waals surface area contributed by atoms with Gasteiger partial charge in [-0.3, -0.25) is 0 Å². The van der Waals surface area contributed by atoms with Crippen LogP contribution in [0.3, 0.4) is 0 Å². The van der Waals surface area contributed by atoms with Gasteiger partial charge in [-0.2, -0.15) is 0 Å². The first kappa shape index (κ1) is 11.4. The molecule has 0 unspecified atom stereocenters. The smallest absolute Gasteiger partial charge is 0.124 e. The van der Waals surface area contributed by atoms with Gasteiger partial charge in [-0.15, -0.1) is 0 Å². The van der Waals surface area contributed by atoms with Crippen molar-refractivity contribution >= 4 is 23.4 Å². The molecule has 0 aliphatic rings. The molecular weight excluding hydrogens is 216 g/mol. The van der Waals surface area contributed by atoms with E-state index in [9.17, 15) is 13.0 Å². The van der Waals surface area contributed by atoms with Crippen LogP contribution in [0.5, 0.6) is 0 Å². The normalized spacial score (nSPS) is 12.9. The average Bonchev–Trinajstić information content (AvgIpc) is 2.01. The Hall–Kier alpha value is -0.653. The predicted octanol–water partition coefficient (Wildman–Crippen LogP) is 1.14. The highest BCUT2D eigenvalue weighted by molar-refractivity contribution is 7.86. The van der Waals surface area contributed by atoms with Gasteiger partial charge in [0, 0.05) is 0 Å². The summed E-state index contributed by atoms with van der Waals surface area (Å²) in [7, 11) is -6.10. The van der Waals surface area contributed by atoms with Crippen LogP contribution in [0.15, 0.2) is 29.2 Å². The molecule has 0 aromatic heterocycles. The van der Waals surface area contributed by atoms with Gasteiger partial charge in [-0.25, -0.2) is 8.42 Å². The molecular formula is C9H13O3SSi-. The lowest BCUT2D eigenvalue weighted by molar-refractivity contribution is 0.463. The Balaban J connectivity index is 3.47. The van der Waals surface area contributed by atoms with Gasteiger partial charge in [-0.1, -0.05) is 37.8 Å². The molecule has 0 amide bonds. The Morgan fingerprint density at radius 3 is 2.00 bits per heavy atom. The van der Waals surface area contributed by atoms with E-state index in [-0.39, 0.29) is 4.90 Å². The summed E-state index contributed by atoms with van der Waals surface area (Å²) in [4.78, 5) is -0.0563. The molecule has 0 saturated carbocycles. The summed E-state index contributed by atoms with van der Waals surface area (Å²) in [5, 5.41) is 0.704. The summed E-state index contributed by atoms with van der Waals surface area (Å²) in [5.74, 6) is 0. The highest BCUT2D eigenvalue weighted by Crippen LogP contribution is 2.11. The first-order chi connectivity index (χ1) is 6.23. The molecule has 0 heterocycles. The molecule has 0 spiro atoms. The molecule has 1 aromatic rings. The molecule has 14 heavy (non-hydrogen) atoms. The fraction of sp³-hybridized carbons (Fsp3) is 0.333. The molecule has 0 N–H and O–H groups in total. The van der Waals surface area contributed by atoms with E-state index < -0.39 is 18.2 Å². The predicted molar refractivity (Wildman–Crippen MR) is 57.4 cm³/mol. The molecule has 0 bridgehead atoms. The second-order valence-electron chi connectivity index (χ2n) is 4.20. The van der Waals surface area contributed by atoms with E-state index in [0.29, 0.717) is 5.19 Å².